The molecule has 1 heterocycles. The standard InChI is InChI=1S/C17H26N2/c1-10-4-16(19-15(10)2-3-18)17-13-6-11-5-12(8-13)9-14(17)7-11/h4,11-14,17,19H,2-3,5-9,18H2,1H3. The van der Waals surface area contributed by atoms with E-state index < -0.39 is 0 Å². The first-order valence-electron chi connectivity index (χ1n) is 8.13. The maximum atomic E-state index is 5.71. The molecule has 1 aromatic rings. The van der Waals surface area contributed by atoms with Crippen molar-refractivity contribution in [2.24, 2.45) is 29.4 Å². The third-order valence-corrected chi connectivity index (χ3v) is 6.12. The predicted octanol–water partition coefficient (Wildman–Crippen LogP) is 3.36. The Morgan fingerprint density at radius 1 is 1.11 bits per heavy atom. The summed E-state index contributed by atoms with van der Waals surface area (Å²) in [4.78, 5) is 3.73. The van der Waals surface area contributed by atoms with Crippen molar-refractivity contribution in [2.75, 3.05) is 6.54 Å². The van der Waals surface area contributed by atoms with E-state index in [1.807, 2.05) is 0 Å². The molecule has 4 bridgehead atoms. The van der Waals surface area contributed by atoms with Gasteiger partial charge >= 0.3 is 0 Å². The van der Waals surface area contributed by atoms with Crippen LogP contribution in [0.3, 0.4) is 0 Å². The number of hydrogen-bond donors (Lipinski definition) is 2. The summed E-state index contributed by atoms with van der Waals surface area (Å²) in [7, 11) is 0. The molecule has 19 heavy (non-hydrogen) atoms. The Kier molecular flexibility index (Phi) is 2.77. The van der Waals surface area contributed by atoms with Gasteiger partial charge < -0.3 is 10.7 Å². The lowest BCUT2D eigenvalue weighted by Gasteiger charge is -2.54. The number of nitrogens with one attached hydrogen (secondary N) is 1. The second kappa shape index (κ2) is 4.37. The largest absolute Gasteiger partial charge is 0.362 e. The smallest absolute Gasteiger partial charge is 0.0191 e. The van der Waals surface area contributed by atoms with E-state index in [1.54, 1.807) is 6.42 Å². The first-order valence-corrected chi connectivity index (χ1v) is 8.13. The lowest BCUT2D eigenvalue weighted by molar-refractivity contribution is -0.00402. The van der Waals surface area contributed by atoms with Crippen LogP contribution in [0, 0.1) is 30.6 Å². The molecule has 5 rings (SSSR count). The van der Waals surface area contributed by atoms with Crippen LogP contribution in [0.4, 0.5) is 0 Å². The summed E-state index contributed by atoms with van der Waals surface area (Å²) in [5.74, 6) is 4.91. The summed E-state index contributed by atoms with van der Waals surface area (Å²) in [5, 5.41) is 0. The minimum atomic E-state index is 0.752. The van der Waals surface area contributed by atoms with Gasteiger partial charge in [-0.1, -0.05) is 0 Å². The van der Waals surface area contributed by atoms with Crippen LogP contribution in [-0.2, 0) is 6.42 Å². The van der Waals surface area contributed by atoms with Crippen LogP contribution in [0.1, 0.15) is 55.0 Å². The minimum Gasteiger partial charge on any atom is -0.362 e. The Balaban J connectivity index is 1.63. The Morgan fingerprint density at radius 3 is 2.32 bits per heavy atom. The van der Waals surface area contributed by atoms with Crippen LogP contribution < -0.4 is 5.73 Å². The molecule has 0 amide bonds. The molecule has 0 spiro atoms. The van der Waals surface area contributed by atoms with Crippen LogP contribution in [0.15, 0.2) is 6.07 Å². The monoisotopic (exact) mass is 258 g/mol. The molecular formula is C17H26N2. The van der Waals surface area contributed by atoms with Gasteiger partial charge in [0.15, 0.2) is 0 Å². The number of aromatic nitrogens is 1. The van der Waals surface area contributed by atoms with Crippen molar-refractivity contribution in [3.8, 4) is 0 Å². The molecule has 3 N–H and O–H groups in total. The third-order valence-electron chi connectivity index (χ3n) is 6.12. The highest BCUT2D eigenvalue weighted by atomic mass is 14.8. The highest BCUT2D eigenvalue weighted by Gasteiger charge is 2.48. The maximum Gasteiger partial charge on any atom is 0.0191 e. The van der Waals surface area contributed by atoms with E-state index >= 15 is 0 Å². The summed E-state index contributed by atoms with van der Waals surface area (Å²) in [6, 6.07) is 2.43. The molecule has 0 saturated heterocycles. The molecule has 4 saturated carbocycles. The molecule has 2 heteroatoms. The van der Waals surface area contributed by atoms with E-state index in [0.717, 1.165) is 42.6 Å². The van der Waals surface area contributed by atoms with Gasteiger partial charge in [-0.3, -0.25) is 0 Å². The Labute approximate surface area is 116 Å². The van der Waals surface area contributed by atoms with Crippen LogP contribution in [0.2, 0.25) is 0 Å². The molecule has 4 aliphatic carbocycles. The average Bonchev–Trinajstić information content (AvgIpc) is 2.70. The first-order chi connectivity index (χ1) is 9.24. The van der Waals surface area contributed by atoms with Gasteiger partial charge in [-0.25, -0.2) is 0 Å². The molecule has 0 aliphatic heterocycles. The number of rotatable bonds is 3. The Bertz CT molecular complexity index is 446. The van der Waals surface area contributed by atoms with E-state index in [0.29, 0.717) is 0 Å². The fraction of sp³-hybridized carbons (Fsp3) is 0.765. The van der Waals surface area contributed by atoms with Gasteiger partial charge in [0.05, 0.1) is 0 Å². The van der Waals surface area contributed by atoms with Crippen LogP contribution in [0.5, 0.6) is 0 Å². The summed E-state index contributed by atoms with van der Waals surface area (Å²) in [5.41, 5.74) is 10.1. The fourth-order valence-electron chi connectivity index (χ4n) is 5.65. The SMILES string of the molecule is Cc1cc(C2C3CC4CC(C3)CC2C4)[nH]c1CCN. The zero-order valence-electron chi connectivity index (χ0n) is 12.0. The average molecular weight is 258 g/mol. The second-order valence-corrected chi connectivity index (χ2v) is 7.38. The summed E-state index contributed by atoms with van der Waals surface area (Å²) in [6.07, 6.45) is 8.55. The van der Waals surface area contributed by atoms with Crippen molar-refractivity contribution in [3.05, 3.63) is 23.0 Å². The number of nitrogens with two attached hydrogens (primary N) is 1. The van der Waals surface area contributed by atoms with Gasteiger partial charge in [-0.15, -0.1) is 0 Å². The van der Waals surface area contributed by atoms with E-state index in [2.05, 4.69) is 18.0 Å². The molecule has 0 aromatic carbocycles. The Morgan fingerprint density at radius 2 is 1.74 bits per heavy atom. The summed E-state index contributed by atoms with van der Waals surface area (Å²) >= 11 is 0. The number of hydrogen-bond acceptors (Lipinski definition) is 1. The van der Waals surface area contributed by atoms with Crippen molar-refractivity contribution in [3.63, 3.8) is 0 Å². The van der Waals surface area contributed by atoms with Crippen molar-refractivity contribution in [2.45, 2.75) is 51.4 Å². The lowest BCUT2D eigenvalue weighted by Crippen LogP contribution is -2.43. The normalized spacial score (nSPS) is 40.0. The molecule has 104 valence electrons. The zero-order valence-corrected chi connectivity index (χ0v) is 12.0. The molecule has 4 aliphatic rings. The van der Waals surface area contributed by atoms with E-state index in [9.17, 15) is 0 Å². The predicted molar refractivity (Wildman–Crippen MR) is 78.1 cm³/mol. The summed E-state index contributed by atoms with van der Waals surface area (Å²) < 4.78 is 0. The molecule has 2 nitrogen and oxygen atoms in total. The number of aryl methyl sites for hydroxylation is 1. The molecule has 0 unspecified atom stereocenters. The van der Waals surface area contributed by atoms with Crippen molar-refractivity contribution < 1.29 is 0 Å². The lowest BCUT2D eigenvalue weighted by atomic mass is 9.51. The van der Waals surface area contributed by atoms with Gasteiger partial charge in [0.25, 0.3) is 0 Å². The quantitative estimate of drug-likeness (QED) is 0.857. The van der Waals surface area contributed by atoms with Gasteiger partial charge in [-0.2, -0.15) is 0 Å². The molecule has 1 aromatic heterocycles. The topological polar surface area (TPSA) is 41.8 Å². The van der Waals surface area contributed by atoms with Gasteiger partial charge in [-0.05, 0) is 87.3 Å². The Hall–Kier alpha value is -0.760. The summed E-state index contributed by atoms with van der Waals surface area (Å²) in [6.45, 7) is 2.99. The third kappa shape index (κ3) is 1.87. The van der Waals surface area contributed by atoms with Gasteiger partial charge in [0.1, 0.15) is 0 Å². The van der Waals surface area contributed by atoms with Gasteiger partial charge in [0.2, 0.25) is 0 Å². The second-order valence-electron chi connectivity index (χ2n) is 7.38. The number of H-pyrrole nitrogens is 1. The first kappa shape index (κ1) is 12.0. The minimum absolute atomic E-state index is 0.752. The number of aromatic amines is 1. The van der Waals surface area contributed by atoms with E-state index in [4.69, 9.17) is 5.73 Å². The highest BCUT2D eigenvalue weighted by Crippen LogP contribution is 2.59. The van der Waals surface area contributed by atoms with Crippen molar-refractivity contribution >= 4 is 0 Å². The molecule has 4 fully saturated rings. The van der Waals surface area contributed by atoms with E-state index in [-0.39, 0.29) is 0 Å². The maximum absolute atomic E-state index is 5.71. The zero-order chi connectivity index (χ0) is 13.0. The van der Waals surface area contributed by atoms with Crippen LogP contribution in [-0.4, -0.2) is 11.5 Å². The molecular weight excluding hydrogens is 232 g/mol. The highest BCUT2D eigenvalue weighted by molar-refractivity contribution is 5.29. The van der Waals surface area contributed by atoms with E-state index in [1.165, 1.54) is 42.6 Å². The molecule has 0 radical (unpaired) electrons. The van der Waals surface area contributed by atoms with Crippen molar-refractivity contribution in [1.82, 2.24) is 4.98 Å². The molecule has 0 atom stereocenters. The van der Waals surface area contributed by atoms with Crippen molar-refractivity contribution in [1.29, 1.82) is 0 Å². The fourth-order valence-corrected chi connectivity index (χ4v) is 5.65. The van der Waals surface area contributed by atoms with Gasteiger partial charge in [0, 0.05) is 17.3 Å². The van der Waals surface area contributed by atoms with Crippen LogP contribution in [0.25, 0.3) is 0 Å². The van der Waals surface area contributed by atoms with Crippen LogP contribution >= 0.6 is 0 Å².